The van der Waals surface area contributed by atoms with Gasteiger partial charge in [0.1, 0.15) is 12.4 Å². The van der Waals surface area contributed by atoms with Crippen LogP contribution in [0.1, 0.15) is 36.7 Å². The van der Waals surface area contributed by atoms with Crippen LogP contribution >= 0.6 is 0 Å². The zero-order valence-electron chi connectivity index (χ0n) is 12.8. The summed E-state index contributed by atoms with van der Waals surface area (Å²) in [6, 6.07) is 2.46. The lowest BCUT2D eigenvalue weighted by molar-refractivity contribution is -0.144. The molecule has 1 amide bonds. The van der Waals surface area contributed by atoms with Crippen molar-refractivity contribution in [2.45, 2.75) is 33.7 Å². The number of hydrogen-bond acceptors (Lipinski definition) is 4. The van der Waals surface area contributed by atoms with E-state index in [4.69, 9.17) is 10.5 Å². The van der Waals surface area contributed by atoms with Gasteiger partial charge in [-0.3, -0.25) is 9.59 Å². The molecule has 0 radical (unpaired) electrons. The Labute approximate surface area is 123 Å². The van der Waals surface area contributed by atoms with Gasteiger partial charge in [-0.1, -0.05) is 0 Å². The molecule has 1 aromatic carbocycles. The van der Waals surface area contributed by atoms with Crippen molar-refractivity contribution in [1.82, 2.24) is 4.90 Å². The van der Waals surface area contributed by atoms with Gasteiger partial charge in [0.25, 0.3) is 5.91 Å². The molecular weight excluding hydrogens is 275 g/mol. The maximum atomic E-state index is 14.1. The predicted molar refractivity (Wildman–Crippen MR) is 78.4 cm³/mol. The molecule has 0 fully saturated rings. The highest BCUT2D eigenvalue weighted by Gasteiger charge is 2.25. The molecule has 0 aliphatic heterocycles. The largest absolute Gasteiger partial charge is 0.465 e. The van der Waals surface area contributed by atoms with E-state index in [1.54, 1.807) is 20.8 Å². The van der Waals surface area contributed by atoms with Gasteiger partial charge in [0.05, 0.1) is 12.2 Å². The Bertz CT molecular complexity index is 544. The highest BCUT2D eigenvalue weighted by Crippen LogP contribution is 2.19. The van der Waals surface area contributed by atoms with Gasteiger partial charge in [-0.2, -0.15) is 0 Å². The number of anilines is 1. The summed E-state index contributed by atoms with van der Waals surface area (Å²) in [6.45, 7) is 6.71. The number of nitrogens with zero attached hydrogens (tertiary/aromatic N) is 1. The molecule has 0 bridgehead atoms. The molecule has 0 atom stereocenters. The second-order valence-corrected chi connectivity index (χ2v) is 5.03. The quantitative estimate of drug-likeness (QED) is 0.667. The topological polar surface area (TPSA) is 72.6 Å². The molecule has 0 aliphatic carbocycles. The van der Waals surface area contributed by atoms with Crippen LogP contribution < -0.4 is 5.73 Å². The van der Waals surface area contributed by atoms with Crippen LogP contribution in [0.4, 0.5) is 10.1 Å². The van der Waals surface area contributed by atoms with E-state index >= 15 is 0 Å². The zero-order valence-corrected chi connectivity index (χ0v) is 12.8. The van der Waals surface area contributed by atoms with Crippen LogP contribution in [0, 0.1) is 12.7 Å². The van der Waals surface area contributed by atoms with E-state index in [1.807, 2.05) is 0 Å². The van der Waals surface area contributed by atoms with Crippen molar-refractivity contribution in [3.05, 3.63) is 29.1 Å². The number of rotatable bonds is 5. The number of halogens is 1. The van der Waals surface area contributed by atoms with Gasteiger partial charge in [-0.15, -0.1) is 0 Å². The van der Waals surface area contributed by atoms with Crippen LogP contribution in [0.25, 0.3) is 0 Å². The molecule has 0 saturated heterocycles. The number of carbonyl (C=O) groups excluding carboxylic acids is 2. The Morgan fingerprint density at radius 3 is 2.52 bits per heavy atom. The lowest BCUT2D eigenvalue weighted by atomic mass is 10.1. The summed E-state index contributed by atoms with van der Waals surface area (Å²) in [7, 11) is 0. The number of nitrogens with two attached hydrogens (primary N) is 1. The van der Waals surface area contributed by atoms with Gasteiger partial charge in [0, 0.05) is 11.7 Å². The summed E-state index contributed by atoms with van der Waals surface area (Å²) >= 11 is 0. The average Bonchev–Trinajstić information content (AvgIpc) is 2.39. The highest BCUT2D eigenvalue weighted by molar-refractivity contribution is 5.97. The van der Waals surface area contributed by atoms with Crippen molar-refractivity contribution in [2.75, 3.05) is 18.9 Å². The van der Waals surface area contributed by atoms with Crippen LogP contribution in [-0.4, -0.2) is 36.0 Å². The van der Waals surface area contributed by atoms with Crippen molar-refractivity contribution in [3.63, 3.8) is 0 Å². The second kappa shape index (κ2) is 7.06. The molecule has 1 rings (SSSR count). The average molecular weight is 296 g/mol. The first-order chi connectivity index (χ1) is 9.77. The monoisotopic (exact) mass is 296 g/mol. The third-order valence-electron chi connectivity index (χ3n) is 3.00. The van der Waals surface area contributed by atoms with E-state index in [0.29, 0.717) is 5.69 Å². The van der Waals surface area contributed by atoms with Crippen molar-refractivity contribution in [3.8, 4) is 0 Å². The summed E-state index contributed by atoms with van der Waals surface area (Å²) < 4.78 is 19.0. The first kappa shape index (κ1) is 16.9. The fourth-order valence-electron chi connectivity index (χ4n) is 1.94. The number of aryl methyl sites for hydroxylation is 1. The molecule has 21 heavy (non-hydrogen) atoms. The van der Waals surface area contributed by atoms with Gasteiger partial charge in [0.15, 0.2) is 0 Å². The molecule has 116 valence electrons. The minimum Gasteiger partial charge on any atom is -0.465 e. The number of amides is 1. The fourth-order valence-corrected chi connectivity index (χ4v) is 1.94. The fraction of sp³-hybridized carbons (Fsp3) is 0.467. The molecule has 0 heterocycles. The Hall–Kier alpha value is -2.11. The van der Waals surface area contributed by atoms with E-state index < -0.39 is 17.7 Å². The molecule has 0 unspecified atom stereocenters. The standard InChI is InChI=1S/C15H21FN2O3/c1-5-21-13(19)8-18(9(2)3)15(20)12-7-11(17)6-10(4)14(12)16/h6-7,9H,5,8,17H2,1-4H3. The number of esters is 1. The van der Waals surface area contributed by atoms with Crippen LogP contribution in [0.3, 0.4) is 0 Å². The molecule has 2 N–H and O–H groups in total. The predicted octanol–water partition coefficient (Wildman–Crippen LogP) is 2.13. The van der Waals surface area contributed by atoms with Gasteiger partial charge in [0.2, 0.25) is 0 Å². The molecule has 0 saturated carbocycles. The molecule has 0 aliphatic rings. The number of hydrogen-bond donors (Lipinski definition) is 1. The zero-order chi connectivity index (χ0) is 16.2. The smallest absolute Gasteiger partial charge is 0.325 e. The van der Waals surface area contributed by atoms with Gasteiger partial charge < -0.3 is 15.4 Å². The Morgan fingerprint density at radius 2 is 2.00 bits per heavy atom. The summed E-state index contributed by atoms with van der Waals surface area (Å²) in [5.74, 6) is -1.73. The number of benzene rings is 1. The molecule has 0 aromatic heterocycles. The van der Waals surface area contributed by atoms with E-state index in [1.165, 1.54) is 24.0 Å². The molecule has 1 aromatic rings. The first-order valence-electron chi connectivity index (χ1n) is 6.80. The normalized spacial score (nSPS) is 10.6. The number of nitrogen functional groups attached to an aromatic ring is 1. The third-order valence-corrected chi connectivity index (χ3v) is 3.00. The lowest BCUT2D eigenvalue weighted by Crippen LogP contribution is -2.41. The van der Waals surface area contributed by atoms with Crippen LogP contribution in [0.15, 0.2) is 12.1 Å². The van der Waals surface area contributed by atoms with E-state index in [0.717, 1.165) is 0 Å². The summed E-state index contributed by atoms with van der Waals surface area (Å²) in [4.78, 5) is 25.3. The minimum atomic E-state index is -0.622. The summed E-state index contributed by atoms with van der Waals surface area (Å²) in [5, 5.41) is 0. The van der Waals surface area contributed by atoms with Gasteiger partial charge in [-0.25, -0.2) is 4.39 Å². The van der Waals surface area contributed by atoms with E-state index in [2.05, 4.69) is 0 Å². The maximum absolute atomic E-state index is 14.1. The summed E-state index contributed by atoms with van der Waals surface area (Å²) in [6.07, 6.45) is 0. The Balaban J connectivity index is 3.10. The lowest BCUT2D eigenvalue weighted by Gasteiger charge is -2.26. The van der Waals surface area contributed by atoms with Gasteiger partial charge >= 0.3 is 5.97 Å². The second-order valence-electron chi connectivity index (χ2n) is 5.03. The van der Waals surface area contributed by atoms with Crippen LogP contribution in [0.2, 0.25) is 0 Å². The molecule has 0 spiro atoms. The minimum absolute atomic E-state index is 0.134. The van der Waals surface area contributed by atoms with Crippen LogP contribution in [-0.2, 0) is 9.53 Å². The Morgan fingerprint density at radius 1 is 1.38 bits per heavy atom. The third kappa shape index (κ3) is 4.18. The SMILES string of the molecule is CCOC(=O)CN(C(=O)c1cc(N)cc(C)c1F)C(C)C. The molecule has 5 nitrogen and oxygen atoms in total. The van der Waals surface area contributed by atoms with Crippen molar-refractivity contribution in [1.29, 1.82) is 0 Å². The van der Waals surface area contributed by atoms with Crippen LogP contribution in [0.5, 0.6) is 0 Å². The van der Waals surface area contributed by atoms with E-state index in [9.17, 15) is 14.0 Å². The highest BCUT2D eigenvalue weighted by atomic mass is 19.1. The first-order valence-corrected chi connectivity index (χ1v) is 6.80. The molecule has 6 heteroatoms. The molecular formula is C15H21FN2O3. The number of ether oxygens (including phenoxy) is 1. The Kier molecular flexibility index (Phi) is 5.69. The van der Waals surface area contributed by atoms with E-state index in [-0.39, 0.29) is 30.3 Å². The summed E-state index contributed by atoms with van der Waals surface area (Å²) in [5.41, 5.74) is 6.12. The number of carbonyl (C=O) groups is 2. The van der Waals surface area contributed by atoms with Crippen molar-refractivity contribution < 1.29 is 18.7 Å². The maximum Gasteiger partial charge on any atom is 0.325 e. The van der Waals surface area contributed by atoms with Gasteiger partial charge in [-0.05, 0) is 45.4 Å². The van der Waals surface area contributed by atoms with Crippen molar-refractivity contribution >= 4 is 17.6 Å². The van der Waals surface area contributed by atoms with Crippen molar-refractivity contribution in [2.24, 2.45) is 0 Å².